The first kappa shape index (κ1) is 14.6. The molecule has 1 rings (SSSR count). The maximum Gasteiger partial charge on any atom is 0.421 e. The van der Waals surface area contributed by atoms with Crippen LogP contribution in [-0.2, 0) is 9.53 Å². The van der Waals surface area contributed by atoms with E-state index in [1.807, 2.05) is 43.3 Å². The largest absolute Gasteiger partial charge is 0.453 e. The van der Waals surface area contributed by atoms with Crippen LogP contribution in [0.5, 0.6) is 0 Å². The molecule has 0 heterocycles. The molecule has 0 amide bonds. The zero-order valence-corrected chi connectivity index (χ0v) is 10.8. The number of benzene rings is 1. The lowest BCUT2D eigenvalue weighted by atomic mass is 10.2. The maximum atomic E-state index is 11.6. The van der Waals surface area contributed by atoms with Crippen molar-refractivity contribution >= 4 is 17.8 Å². The summed E-state index contributed by atoms with van der Waals surface area (Å²) in [4.78, 5) is 14.5. The molecule has 1 aromatic carbocycles. The van der Waals surface area contributed by atoms with Crippen LogP contribution >= 0.6 is 0 Å². The van der Waals surface area contributed by atoms with Crippen LogP contribution in [0, 0.1) is 0 Å². The lowest BCUT2D eigenvalue weighted by Crippen LogP contribution is -2.16. The fraction of sp³-hybridized carbons (Fsp3) is 0.200. The third kappa shape index (κ3) is 5.61. The average Bonchev–Trinajstić information content (AvgIpc) is 2.45. The van der Waals surface area contributed by atoms with Crippen LogP contribution in [0.1, 0.15) is 18.9 Å². The molecule has 0 atom stereocenters. The Morgan fingerprint density at radius 3 is 2.68 bits per heavy atom. The molecule has 4 heteroatoms. The van der Waals surface area contributed by atoms with Crippen molar-refractivity contribution in [3.05, 3.63) is 59.7 Å². The fourth-order valence-corrected chi connectivity index (χ4v) is 1.31. The highest BCUT2D eigenvalue weighted by atomic mass is 16.5. The molecule has 19 heavy (non-hydrogen) atoms. The molecule has 0 spiro atoms. The summed E-state index contributed by atoms with van der Waals surface area (Å²) in [5.41, 5.74) is 9.57. The van der Waals surface area contributed by atoms with Gasteiger partial charge in [0.05, 0.1) is 0 Å². The predicted molar refractivity (Wildman–Crippen MR) is 74.5 cm³/mol. The van der Waals surface area contributed by atoms with Gasteiger partial charge in [0, 0.05) is 6.08 Å². The summed E-state index contributed by atoms with van der Waals surface area (Å²) in [5, 5.41) is 0. The van der Waals surface area contributed by atoms with E-state index in [0.29, 0.717) is 0 Å². The number of rotatable bonds is 6. The molecular formula is C15H16N2O2. The number of nitrogens with zero attached hydrogens (tertiary/aromatic N) is 2. The zero-order chi connectivity index (χ0) is 13.9. The summed E-state index contributed by atoms with van der Waals surface area (Å²) < 4.78 is 4.92. The van der Waals surface area contributed by atoms with Crippen LogP contribution < -0.4 is 0 Å². The van der Waals surface area contributed by atoms with E-state index in [0.717, 1.165) is 12.0 Å². The van der Waals surface area contributed by atoms with Crippen LogP contribution in [-0.4, -0.2) is 23.1 Å². The van der Waals surface area contributed by atoms with E-state index in [1.54, 1.807) is 12.2 Å². The van der Waals surface area contributed by atoms with Gasteiger partial charge in [-0.1, -0.05) is 49.4 Å². The number of allylic oxidation sites excluding steroid dienone is 1. The molecule has 98 valence electrons. The Kier molecular flexibility index (Phi) is 6.62. The van der Waals surface area contributed by atoms with Crippen LogP contribution in [0.15, 0.2) is 48.6 Å². The van der Waals surface area contributed by atoms with Crippen molar-refractivity contribution in [1.29, 1.82) is 0 Å². The zero-order valence-electron chi connectivity index (χ0n) is 10.8. The normalized spacial score (nSPS) is 10.6. The van der Waals surface area contributed by atoms with Gasteiger partial charge in [-0.25, -0.2) is 4.79 Å². The Labute approximate surface area is 112 Å². The Balaban J connectivity index is 2.59. The summed E-state index contributed by atoms with van der Waals surface area (Å²) in [6.07, 6.45) is 7.61. The quantitative estimate of drug-likeness (QED) is 0.258. The molecule has 0 aliphatic rings. The highest BCUT2D eigenvalue weighted by Gasteiger charge is 2.17. The number of carbonyl (C=O) groups excluding carboxylic acids is 1. The minimum Gasteiger partial charge on any atom is -0.453 e. The van der Waals surface area contributed by atoms with E-state index < -0.39 is 5.97 Å². The van der Waals surface area contributed by atoms with Crippen LogP contribution in [0.3, 0.4) is 0 Å². The molecule has 1 aromatic rings. The SMILES string of the molecule is CC/C=C\COC(=O)C(/C=C/c1ccccc1)=[N+]=[N-]. The molecule has 0 fully saturated rings. The lowest BCUT2D eigenvalue weighted by molar-refractivity contribution is -0.138. The molecule has 0 aromatic heterocycles. The van der Waals surface area contributed by atoms with Crippen LogP contribution in [0.25, 0.3) is 11.6 Å². The third-order valence-electron chi connectivity index (χ3n) is 2.26. The highest BCUT2D eigenvalue weighted by molar-refractivity contribution is 6.39. The van der Waals surface area contributed by atoms with Gasteiger partial charge in [0.15, 0.2) is 0 Å². The average molecular weight is 256 g/mol. The van der Waals surface area contributed by atoms with Crippen LogP contribution in [0.2, 0.25) is 0 Å². The van der Waals surface area contributed by atoms with E-state index in [2.05, 4.69) is 4.79 Å². The molecule has 0 saturated heterocycles. The standard InChI is InChI=1S/C15H16N2O2/c1-2-3-7-12-19-15(18)14(17-16)11-10-13-8-5-4-6-9-13/h3-11H,2,12H2,1H3/b7-3-,11-10+. The van der Waals surface area contributed by atoms with Gasteiger partial charge in [0.2, 0.25) is 0 Å². The second-order valence-corrected chi connectivity index (χ2v) is 3.71. The summed E-state index contributed by atoms with van der Waals surface area (Å²) in [7, 11) is 0. The first-order valence-corrected chi connectivity index (χ1v) is 6.05. The Hall–Kier alpha value is -2.45. The van der Waals surface area contributed by atoms with Gasteiger partial charge in [-0.2, -0.15) is 4.79 Å². The number of ether oxygens (including phenoxy) is 1. The fourth-order valence-electron chi connectivity index (χ4n) is 1.31. The lowest BCUT2D eigenvalue weighted by Gasteiger charge is -1.95. The van der Waals surface area contributed by atoms with Crippen molar-refractivity contribution in [2.24, 2.45) is 0 Å². The molecule has 0 unspecified atom stereocenters. The highest BCUT2D eigenvalue weighted by Crippen LogP contribution is 2.01. The van der Waals surface area contributed by atoms with Crippen molar-refractivity contribution in [2.75, 3.05) is 6.61 Å². The third-order valence-corrected chi connectivity index (χ3v) is 2.26. The Bertz CT molecular complexity index is 512. The Morgan fingerprint density at radius 1 is 1.32 bits per heavy atom. The van der Waals surface area contributed by atoms with Crippen molar-refractivity contribution in [3.63, 3.8) is 0 Å². The van der Waals surface area contributed by atoms with Gasteiger partial charge in [-0.15, -0.1) is 0 Å². The Morgan fingerprint density at radius 2 is 2.05 bits per heavy atom. The van der Waals surface area contributed by atoms with E-state index >= 15 is 0 Å². The molecule has 0 radical (unpaired) electrons. The van der Waals surface area contributed by atoms with Crippen LogP contribution in [0.4, 0.5) is 0 Å². The van der Waals surface area contributed by atoms with Gasteiger partial charge in [-0.05, 0) is 18.1 Å². The van der Waals surface area contributed by atoms with Gasteiger partial charge in [0.25, 0.3) is 0 Å². The molecule has 0 saturated carbocycles. The monoisotopic (exact) mass is 256 g/mol. The van der Waals surface area contributed by atoms with Crippen molar-refractivity contribution in [3.8, 4) is 0 Å². The van der Waals surface area contributed by atoms with Gasteiger partial charge in [0.1, 0.15) is 6.61 Å². The summed E-state index contributed by atoms with van der Waals surface area (Å²) >= 11 is 0. The first-order chi connectivity index (χ1) is 9.27. The summed E-state index contributed by atoms with van der Waals surface area (Å²) in [6.45, 7) is 2.16. The van der Waals surface area contributed by atoms with Crippen molar-refractivity contribution in [2.45, 2.75) is 13.3 Å². The number of carbonyl (C=O) groups is 1. The van der Waals surface area contributed by atoms with E-state index in [9.17, 15) is 4.79 Å². The predicted octanol–water partition coefficient (Wildman–Crippen LogP) is 2.88. The van der Waals surface area contributed by atoms with Crippen molar-refractivity contribution < 1.29 is 14.3 Å². The second-order valence-electron chi connectivity index (χ2n) is 3.71. The van der Waals surface area contributed by atoms with Gasteiger partial charge >= 0.3 is 11.7 Å². The minimum absolute atomic E-state index is 0.131. The molecule has 0 aliphatic carbocycles. The summed E-state index contributed by atoms with van der Waals surface area (Å²) in [5.74, 6) is -0.657. The van der Waals surface area contributed by atoms with E-state index in [1.165, 1.54) is 6.08 Å². The van der Waals surface area contributed by atoms with E-state index in [4.69, 9.17) is 10.3 Å². The van der Waals surface area contributed by atoms with Crippen molar-refractivity contribution in [1.82, 2.24) is 0 Å². The number of esters is 1. The van der Waals surface area contributed by atoms with Gasteiger partial charge < -0.3 is 10.3 Å². The molecule has 0 bridgehead atoms. The molecule has 0 aliphatic heterocycles. The minimum atomic E-state index is -0.657. The maximum absolute atomic E-state index is 11.6. The first-order valence-electron chi connectivity index (χ1n) is 6.05. The number of hydrogen-bond donors (Lipinski definition) is 0. The second kappa shape index (κ2) is 8.61. The summed E-state index contributed by atoms with van der Waals surface area (Å²) in [6, 6.07) is 9.40. The topological polar surface area (TPSA) is 62.7 Å². The number of hydrogen-bond acceptors (Lipinski definition) is 2. The smallest absolute Gasteiger partial charge is 0.421 e. The van der Waals surface area contributed by atoms with Gasteiger partial charge in [-0.3, -0.25) is 0 Å². The molecule has 4 nitrogen and oxygen atoms in total. The molecular weight excluding hydrogens is 240 g/mol. The van der Waals surface area contributed by atoms with E-state index in [-0.39, 0.29) is 12.3 Å². The molecule has 0 N–H and O–H groups in total.